The lowest BCUT2D eigenvalue weighted by Gasteiger charge is -2.15. The number of nitrogens with zero attached hydrogens (tertiary/aromatic N) is 4. The van der Waals surface area contributed by atoms with Crippen LogP contribution in [-0.4, -0.2) is 19.5 Å². The van der Waals surface area contributed by atoms with E-state index in [9.17, 15) is 0 Å². The molecule has 0 unspecified atom stereocenters. The minimum Gasteiger partial charge on any atom is -0.309 e. The number of hydrogen-bond acceptors (Lipinski definition) is 3. The van der Waals surface area contributed by atoms with Gasteiger partial charge >= 0.3 is 0 Å². The molecule has 0 amide bonds. The lowest BCUT2D eigenvalue weighted by molar-refractivity contribution is 1.17. The van der Waals surface area contributed by atoms with Gasteiger partial charge < -0.3 is 4.57 Å². The number of benzene rings is 6. The maximum atomic E-state index is 5.31. The van der Waals surface area contributed by atoms with E-state index in [2.05, 4.69) is 143 Å². The van der Waals surface area contributed by atoms with E-state index in [4.69, 9.17) is 9.97 Å². The molecule has 0 aliphatic rings. The summed E-state index contributed by atoms with van der Waals surface area (Å²) in [5, 5.41) is 5.75. The molecule has 0 bridgehead atoms. The number of fused-ring (bicyclic) bond motifs is 6. The number of aromatic nitrogens is 4. The van der Waals surface area contributed by atoms with Crippen molar-refractivity contribution in [2.75, 3.05) is 0 Å². The molecule has 0 fully saturated rings. The number of rotatable bonds is 4. The molecular formula is C41H26N4. The maximum Gasteiger partial charge on any atom is 0.160 e. The van der Waals surface area contributed by atoms with E-state index in [1.807, 2.05) is 24.5 Å². The van der Waals surface area contributed by atoms with Gasteiger partial charge in [0.25, 0.3) is 0 Å². The Labute approximate surface area is 259 Å². The van der Waals surface area contributed by atoms with Gasteiger partial charge in [-0.25, -0.2) is 9.97 Å². The third kappa shape index (κ3) is 4.19. The molecule has 0 aliphatic heterocycles. The van der Waals surface area contributed by atoms with Gasteiger partial charge in [-0.15, -0.1) is 0 Å². The maximum absolute atomic E-state index is 5.31. The molecule has 0 atom stereocenters. The Hall–Kier alpha value is -6.13. The van der Waals surface area contributed by atoms with Crippen molar-refractivity contribution < 1.29 is 0 Å². The summed E-state index contributed by atoms with van der Waals surface area (Å²) in [6.45, 7) is 0. The van der Waals surface area contributed by atoms with Gasteiger partial charge in [0, 0.05) is 56.3 Å². The van der Waals surface area contributed by atoms with Crippen LogP contribution in [0.15, 0.2) is 158 Å². The SMILES string of the molecule is c1ccc(-c2nc(-c3cc(-c4cccnc4)cc(-n4c5ccccc5c5ccccc54)c3)nc3c2ccc2ccccc23)cc1. The molecule has 9 aromatic rings. The lowest BCUT2D eigenvalue weighted by Crippen LogP contribution is -1.99. The number of para-hydroxylation sites is 2. The highest BCUT2D eigenvalue weighted by atomic mass is 15.0. The van der Waals surface area contributed by atoms with Gasteiger partial charge in [-0.3, -0.25) is 4.98 Å². The van der Waals surface area contributed by atoms with Gasteiger partial charge in [0.2, 0.25) is 0 Å². The van der Waals surface area contributed by atoms with Crippen molar-refractivity contribution in [2.24, 2.45) is 0 Å². The Morgan fingerprint density at radius 3 is 1.87 bits per heavy atom. The lowest BCUT2D eigenvalue weighted by atomic mass is 10.00. The molecule has 0 spiro atoms. The minimum absolute atomic E-state index is 0.686. The summed E-state index contributed by atoms with van der Waals surface area (Å²) in [7, 11) is 0. The summed E-state index contributed by atoms with van der Waals surface area (Å²) in [4.78, 5) is 15.0. The van der Waals surface area contributed by atoms with E-state index in [0.717, 1.165) is 66.3 Å². The van der Waals surface area contributed by atoms with E-state index in [0.29, 0.717) is 5.82 Å². The van der Waals surface area contributed by atoms with E-state index in [-0.39, 0.29) is 0 Å². The monoisotopic (exact) mass is 574 g/mol. The zero-order chi connectivity index (χ0) is 29.7. The van der Waals surface area contributed by atoms with Crippen LogP contribution in [0.2, 0.25) is 0 Å². The second-order valence-corrected chi connectivity index (χ2v) is 11.3. The normalized spacial score (nSPS) is 11.6. The largest absolute Gasteiger partial charge is 0.309 e. The van der Waals surface area contributed by atoms with Crippen LogP contribution in [-0.2, 0) is 0 Å². The molecule has 0 saturated heterocycles. The van der Waals surface area contributed by atoms with E-state index in [1.54, 1.807) is 0 Å². The quantitative estimate of drug-likeness (QED) is 0.196. The molecule has 210 valence electrons. The fraction of sp³-hybridized carbons (Fsp3) is 0. The molecule has 0 saturated carbocycles. The third-order valence-electron chi connectivity index (χ3n) is 8.65. The predicted molar refractivity (Wildman–Crippen MR) is 185 cm³/mol. The van der Waals surface area contributed by atoms with Crippen LogP contribution in [0.3, 0.4) is 0 Å². The van der Waals surface area contributed by atoms with Crippen molar-refractivity contribution in [3.63, 3.8) is 0 Å². The summed E-state index contributed by atoms with van der Waals surface area (Å²) in [5.74, 6) is 0.686. The Kier molecular flexibility index (Phi) is 5.78. The van der Waals surface area contributed by atoms with Gasteiger partial charge in [-0.2, -0.15) is 0 Å². The molecule has 4 heteroatoms. The van der Waals surface area contributed by atoms with Crippen LogP contribution in [0, 0.1) is 0 Å². The standard InChI is InChI=1S/C41H26N4/c1-2-12-28(13-3-1)39-36-21-20-27-11-4-5-15-33(27)40(36)44-41(43-39)31-23-30(29-14-10-22-42-26-29)24-32(25-31)45-37-18-8-6-16-34(37)35-17-7-9-19-38(35)45/h1-26H. The van der Waals surface area contributed by atoms with E-state index in [1.165, 1.54) is 10.8 Å². The molecule has 3 heterocycles. The second-order valence-electron chi connectivity index (χ2n) is 11.3. The molecule has 0 aliphatic carbocycles. The van der Waals surface area contributed by atoms with Crippen molar-refractivity contribution in [3.8, 4) is 39.5 Å². The Morgan fingerprint density at radius 1 is 0.444 bits per heavy atom. The predicted octanol–water partition coefficient (Wildman–Crippen LogP) is 10.3. The van der Waals surface area contributed by atoms with Crippen LogP contribution < -0.4 is 0 Å². The Morgan fingerprint density at radius 2 is 1.11 bits per heavy atom. The van der Waals surface area contributed by atoms with Gasteiger partial charge in [-0.05, 0) is 53.4 Å². The first kappa shape index (κ1) is 25.4. The first-order chi connectivity index (χ1) is 22.3. The molecule has 0 radical (unpaired) electrons. The topological polar surface area (TPSA) is 43.6 Å². The average Bonchev–Trinajstić information content (AvgIpc) is 3.46. The number of pyridine rings is 1. The average molecular weight is 575 g/mol. The Balaban J connectivity index is 1.38. The summed E-state index contributed by atoms with van der Waals surface area (Å²) in [5.41, 5.74) is 9.33. The first-order valence-electron chi connectivity index (χ1n) is 15.1. The van der Waals surface area contributed by atoms with E-state index < -0.39 is 0 Å². The minimum atomic E-state index is 0.686. The van der Waals surface area contributed by atoms with Crippen LogP contribution in [0.5, 0.6) is 0 Å². The molecule has 3 aromatic heterocycles. The van der Waals surface area contributed by atoms with Gasteiger partial charge in [0.05, 0.1) is 22.2 Å². The van der Waals surface area contributed by atoms with Crippen molar-refractivity contribution in [3.05, 3.63) is 158 Å². The smallest absolute Gasteiger partial charge is 0.160 e. The Bertz CT molecular complexity index is 2480. The van der Waals surface area contributed by atoms with Crippen molar-refractivity contribution in [2.45, 2.75) is 0 Å². The summed E-state index contributed by atoms with van der Waals surface area (Å²) < 4.78 is 2.35. The fourth-order valence-corrected chi connectivity index (χ4v) is 6.58. The summed E-state index contributed by atoms with van der Waals surface area (Å²) >= 11 is 0. The first-order valence-corrected chi connectivity index (χ1v) is 15.1. The zero-order valence-corrected chi connectivity index (χ0v) is 24.3. The van der Waals surface area contributed by atoms with E-state index >= 15 is 0 Å². The molecule has 45 heavy (non-hydrogen) atoms. The van der Waals surface area contributed by atoms with Gasteiger partial charge in [0.1, 0.15) is 0 Å². The van der Waals surface area contributed by atoms with Crippen LogP contribution in [0.25, 0.3) is 82.9 Å². The fourth-order valence-electron chi connectivity index (χ4n) is 6.58. The van der Waals surface area contributed by atoms with Crippen LogP contribution in [0.1, 0.15) is 0 Å². The van der Waals surface area contributed by atoms with Crippen LogP contribution in [0.4, 0.5) is 0 Å². The van der Waals surface area contributed by atoms with Crippen molar-refractivity contribution in [1.29, 1.82) is 0 Å². The van der Waals surface area contributed by atoms with Crippen LogP contribution >= 0.6 is 0 Å². The summed E-state index contributed by atoms with van der Waals surface area (Å²) in [6, 6.07) is 51.1. The van der Waals surface area contributed by atoms with Crippen molar-refractivity contribution in [1.82, 2.24) is 19.5 Å². The highest BCUT2D eigenvalue weighted by Crippen LogP contribution is 2.37. The second kappa shape index (κ2) is 10.2. The zero-order valence-electron chi connectivity index (χ0n) is 24.3. The summed E-state index contributed by atoms with van der Waals surface area (Å²) in [6.07, 6.45) is 3.73. The number of hydrogen-bond donors (Lipinski definition) is 0. The molecule has 0 N–H and O–H groups in total. The molecule has 4 nitrogen and oxygen atoms in total. The van der Waals surface area contributed by atoms with Gasteiger partial charge in [0.15, 0.2) is 5.82 Å². The highest BCUT2D eigenvalue weighted by molar-refractivity contribution is 6.10. The van der Waals surface area contributed by atoms with Crippen molar-refractivity contribution >= 4 is 43.5 Å². The molecular weight excluding hydrogens is 548 g/mol. The van der Waals surface area contributed by atoms with Gasteiger partial charge in [-0.1, -0.05) is 103 Å². The highest BCUT2D eigenvalue weighted by Gasteiger charge is 2.18. The molecule has 6 aromatic carbocycles. The molecule has 9 rings (SSSR count). The third-order valence-corrected chi connectivity index (χ3v) is 8.65.